The lowest BCUT2D eigenvalue weighted by Crippen LogP contribution is -2.14. The van der Waals surface area contributed by atoms with Crippen LogP contribution in [0.3, 0.4) is 0 Å². The van der Waals surface area contributed by atoms with Crippen LogP contribution in [0.2, 0.25) is 5.02 Å². The standard InChI is InChI=1S/C20H18ClF2N3O4S/c1-26-11-13(6-7-18(26)27)17-10-14(12-31(28,29)9-3-8-22)24-20(25-17)30-19-15(21)4-2-5-16(19)23/h2,4-7,10-11H,3,8-9,12H2,1H3. The molecule has 0 fully saturated rings. The van der Waals surface area contributed by atoms with Gasteiger partial charge in [0.15, 0.2) is 21.4 Å². The quantitative estimate of drug-likeness (QED) is 0.499. The van der Waals surface area contributed by atoms with Crippen molar-refractivity contribution in [2.45, 2.75) is 12.2 Å². The first kappa shape index (κ1) is 22.8. The summed E-state index contributed by atoms with van der Waals surface area (Å²) in [5.74, 6) is -1.90. The third-order valence-electron chi connectivity index (χ3n) is 4.21. The molecule has 0 N–H and O–H groups in total. The molecule has 11 heteroatoms. The molecule has 7 nitrogen and oxygen atoms in total. The fourth-order valence-corrected chi connectivity index (χ4v) is 4.22. The minimum absolute atomic E-state index is 0.0202. The predicted octanol–water partition coefficient (Wildman–Crippen LogP) is 3.70. The Morgan fingerprint density at radius 1 is 1.19 bits per heavy atom. The largest absolute Gasteiger partial charge is 0.420 e. The van der Waals surface area contributed by atoms with E-state index in [1.54, 1.807) is 7.05 Å². The number of pyridine rings is 1. The fraction of sp³-hybridized carbons (Fsp3) is 0.250. The molecule has 0 aliphatic rings. The van der Waals surface area contributed by atoms with Gasteiger partial charge in [0.05, 0.1) is 34.6 Å². The second kappa shape index (κ2) is 9.52. The maximum atomic E-state index is 14.1. The molecule has 2 aromatic heterocycles. The smallest absolute Gasteiger partial charge is 0.322 e. The Balaban J connectivity index is 2.07. The van der Waals surface area contributed by atoms with Crippen molar-refractivity contribution in [3.63, 3.8) is 0 Å². The van der Waals surface area contributed by atoms with E-state index in [-0.39, 0.29) is 45.9 Å². The number of aromatic nitrogens is 3. The first-order valence-corrected chi connectivity index (χ1v) is 11.3. The highest BCUT2D eigenvalue weighted by Crippen LogP contribution is 2.31. The number of rotatable bonds is 8. The van der Waals surface area contributed by atoms with Gasteiger partial charge in [-0.15, -0.1) is 0 Å². The number of halogens is 3. The molecule has 0 atom stereocenters. The number of alkyl halides is 1. The SMILES string of the molecule is Cn1cc(-c2cc(CS(=O)(=O)CCCF)nc(Oc3c(F)cccc3Cl)n2)ccc1=O. The van der Waals surface area contributed by atoms with E-state index in [2.05, 4.69) is 9.97 Å². The number of sulfone groups is 1. The Labute approximate surface area is 182 Å². The summed E-state index contributed by atoms with van der Waals surface area (Å²) >= 11 is 5.99. The van der Waals surface area contributed by atoms with E-state index in [0.717, 1.165) is 6.07 Å². The maximum absolute atomic E-state index is 14.1. The van der Waals surface area contributed by atoms with Gasteiger partial charge in [-0.3, -0.25) is 9.18 Å². The summed E-state index contributed by atoms with van der Waals surface area (Å²) in [5.41, 5.74) is 0.557. The summed E-state index contributed by atoms with van der Waals surface area (Å²) in [4.78, 5) is 20.0. The minimum atomic E-state index is -3.66. The van der Waals surface area contributed by atoms with Gasteiger partial charge in [-0.2, -0.15) is 9.97 Å². The van der Waals surface area contributed by atoms with Crippen LogP contribution >= 0.6 is 11.6 Å². The third-order valence-corrected chi connectivity index (χ3v) is 6.15. The van der Waals surface area contributed by atoms with E-state index in [1.165, 1.54) is 41.1 Å². The molecule has 0 aliphatic carbocycles. The van der Waals surface area contributed by atoms with Crippen molar-refractivity contribution in [3.8, 4) is 23.0 Å². The average Bonchev–Trinajstić information content (AvgIpc) is 2.71. The van der Waals surface area contributed by atoms with Crippen LogP contribution in [-0.2, 0) is 22.6 Å². The van der Waals surface area contributed by atoms with Crippen molar-refractivity contribution >= 4 is 21.4 Å². The van der Waals surface area contributed by atoms with Crippen molar-refractivity contribution in [3.05, 3.63) is 69.5 Å². The number of hydrogen-bond donors (Lipinski definition) is 0. The first-order valence-electron chi connectivity index (χ1n) is 9.12. The van der Waals surface area contributed by atoms with Gasteiger partial charge in [0.25, 0.3) is 0 Å². The third kappa shape index (κ3) is 5.86. The van der Waals surface area contributed by atoms with Gasteiger partial charge in [0.1, 0.15) is 0 Å². The molecule has 3 aromatic rings. The molecule has 0 amide bonds. The summed E-state index contributed by atoms with van der Waals surface area (Å²) in [6.07, 6.45) is 1.38. The molecule has 0 spiro atoms. The molecule has 0 aliphatic heterocycles. The normalized spacial score (nSPS) is 11.5. The van der Waals surface area contributed by atoms with Gasteiger partial charge >= 0.3 is 6.01 Å². The van der Waals surface area contributed by atoms with Crippen molar-refractivity contribution in [1.29, 1.82) is 0 Å². The van der Waals surface area contributed by atoms with Crippen molar-refractivity contribution < 1.29 is 21.9 Å². The molecule has 0 unspecified atom stereocenters. The van der Waals surface area contributed by atoms with Crippen LogP contribution in [-0.4, -0.2) is 35.4 Å². The zero-order valence-electron chi connectivity index (χ0n) is 16.4. The minimum Gasteiger partial charge on any atom is -0.420 e. The predicted molar refractivity (Wildman–Crippen MR) is 112 cm³/mol. The number of hydrogen-bond acceptors (Lipinski definition) is 6. The fourth-order valence-electron chi connectivity index (χ4n) is 2.73. The molecule has 0 saturated carbocycles. The Kier molecular flexibility index (Phi) is 7.01. The summed E-state index contributed by atoms with van der Waals surface area (Å²) in [7, 11) is -2.11. The van der Waals surface area contributed by atoms with Crippen LogP contribution in [0.5, 0.6) is 11.8 Å². The second-order valence-corrected chi connectivity index (χ2v) is 9.27. The maximum Gasteiger partial charge on any atom is 0.322 e. The summed E-state index contributed by atoms with van der Waals surface area (Å²) in [6.45, 7) is -0.757. The van der Waals surface area contributed by atoms with E-state index in [4.69, 9.17) is 16.3 Å². The number of benzene rings is 1. The van der Waals surface area contributed by atoms with Crippen LogP contribution in [0, 0.1) is 5.82 Å². The molecule has 164 valence electrons. The summed E-state index contributed by atoms with van der Waals surface area (Å²) in [5, 5.41) is -0.0202. The summed E-state index contributed by atoms with van der Waals surface area (Å²) in [6, 6.07) is 7.88. The highest BCUT2D eigenvalue weighted by molar-refractivity contribution is 7.90. The van der Waals surface area contributed by atoms with Gasteiger partial charge in [-0.25, -0.2) is 12.8 Å². The van der Waals surface area contributed by atoms with Gasteiger partial charge in [0.2, 0.25) is 5.56 Å². The van der Waals surface area contributed by atoms with Crippen LogP contribution in [0.4, 0.5) is 8.78 Å². The highest BCUT2D eigenvalue weighted by Gasteiger charge is 2.18. The molecular weight excluding hydrogens is 452 g/mol. The molecule has 31 heavy (non-hydrogen) atoms. The molecular formula is C20H18ClF2N3O4S. The van der Waals surface area contributed by atoms with Crippen molar-refractivity contribution in [2.75, 3.05) is 12.4 Å². The number of aryl methyl sites for hydroxylation is 1. The molecule has 1 aromatic carbocycles. The van der Waals surface area contributed by atoms with E-state index >= 15 is 0 Å². The van der Waals surface area contributed by atoms with Crippen LogP contribution in [0.25, 0.3) is 11.3 Å². The van der Waals surface area contributed by atoms with Crippen LogP contribution < -0.4 is 10.3 Å². The lowest BCUT2D eigenvalue weighted by molar-refractivity contribution is 0.410. The number of ether oxygens (including phenoxy) is 1. The lowest BCUT2D eigenvalue weighted by Gasteiger charge is -2.11. The number of nitrogens with zero attached hydrogens (tertiary/aromatic N) is 3. The van der Waals surface area contributed by atoms with E-state index < -0.39 is 28.1 Å². The Hall–Kier alpha value is -2.85. The Morgan fingerprint density at radius 2 is 1.97 bits per heavy atom. The number of para-hydroxylation sites is 1. The van der Waals surface area contributed by atoms with Gasteiger partial charge in [-0.1, -0.05) is 17.7 Å². The first-order chi connectivity index (χ1) is 14.7. The highest BCUT2D eigenvalue weighted by atomic mass is 35.5. The monoisotopic (exact) mass is 469 g/mol. The topological polar surface area (TPSA) is 91.2 Å². The Bertz CT molecular complexity index is 1250. The van der Waals surface area contributed by atoms with E-state index in [9.17, 15) is 22.0 Å². The van der Waals surface area contributed by atoms with Gasteiger partial charge < -0.3 is 9.30 Å². The molecule has 0 radical (unpaired) electrons. The molecule has 0 saturated heterocycles. The lowest BCUT2D eigenvalue weighted by atomic mass is 10.2. The van der Waals surface area contributed by atoms with Gasteiger partial charge in [0, 0.05) is 24.9 Å². The van der Waals surface area contributed by atoms with Crippen molar-refractivity contribution in [1.82, 2.24) is 14.5 Å². The zero-order chi connectivity index (χ0) is 22.6. The zero-order valence-corrected chi connectivity index (χ0v) is 18.0. The van der Waals surface area contributed by atoms with E-state index in [1.807, 2.05) is 0 Å². The van der Waals surface area contributed by atoms with Crippen LogP contribution in [0.15, 0.2) is 47.4 Å². The second-order valence-electron chi connectivity index (χ2n) is 6.68. The van der Waals surface area contributed by atoms with Crippen molar-refractivity contribution in [2.24, 2.45) is 7.05 Å². The van der Waals surface area contributed by atoms with E-state index in [0.29, 0.717) is 5.56 Å². The van der Waals surface area contributed by atoms with Crippen LogP contribution in [0.1, 0.15) is 12.1 Å². The average molecular weight is 470 g/mol. The molecule has 2 heterocycles. The Morgan fingerprint density at radius 3 is 2.65 bits per heavy atom. The van der Waals surface area contributed by atoms with Gasteiger partial charge in [-0.05, 0) is 30.7 Å². The molecule has 0 bridgehead atoms. The molecule has 3 rings (SSSR count). The summed E-state index contributed by atoms with van der Waals surface area (Å²) < 4.78 is 57.9.